The van der Waals surface area contributed by atoms with Crippen LogP contribution in [0.5, 0.6) is 0 Å². The highest BCUT2D eigenvalue weighted by molar-refractivity contribution is 7.99. The molecule has 7 heteroatoms. The van der Waals surface area contributed by atoms with Gasteiger partial charge >= 0.3 is 5.97 Å². The third kappa shape index (κ3) is 3.48. The maximum absolute atomic E-state index is 11.4. The van der Waals surface area contributed by atoms with Gasteiger partial charge < -0.3 is 9.72 Å². The van der Waals surface area contributed by atoms with Gasteiger partial charge in [0.2, 0.25) is 5.78 Å². The normalized spacial score (nSPS) is 10.6. The molecule has 0 radical (unpaired) electrons. The Morgan fingerprint density at radius 3 is 3.00 bits per heavy atom. The molecular weight excluding hydrogens is 288 g/mol. The lowest BCUT2D eigenvalue weighted by Gasteiger charge is -1.98. The van der Waals surface area contributed by atoms with Gasteiger partial charge in [-0.15, -0.1) is 0 Å². The molecule has 0 bridgehead atoms. The Morgan fingerprint density at radius 1 is 1.47 bits per heavy atom. The molecule has 0 saturated carbocycles. The van der Waals surface area contributed by atoms with E-state index in [0.29, 0.717) is 10.2 Å². The molecule has 1 N–H and O–H groups in total. The Bertz CT molecular complexity index is 626. The molecular formula is C12H11ClN2O3S. The molecule has 5 nitrogen and oxygen atoms in total. The molecule has 0 aliphatic heterocycles. The van der Waals surface area contributed by atoms with E-state index in [1.807, 2.05) is 0 Å². The van der Waals surface area contributed by atoms with Crippen molar-refractivity contribution in [2.75, 3.05) is 12.4 Å². The highest BCUT2D eigenvalue weighted by Gasteiger charge is 2.16. The summed E-state index contributed by atoms with van der Waals surface area (Å²) in [5.41, 5.74) is 1.55. The van der Waals surface area contributed by atoms with Crippen LogP contribution in [0.2, 0.25) is 5.02 Å². The van der Waals surface area contributed by atoms with Gasteiger partial charge in [-0.05, 0) is 25.1 Å². The summed E-state index contributed by atoms with van der Waals surface area (Å²) in [4.78, 5) is 29.9. The Labute approximate surface area is 118 Å². The van der Waals surface area contributed by atoms with Crippen molar-refractivity contribution in [3.05, 3.63) is 23.2 Å². The molecule has 2 rings (SSSR count). The van der Waals surface area contributed by atoms with E-state index in [4.69, 9.17) is 11.6 Å². The molecule has 0 aliphatic carbocycles. The van der Waals surface area contributed by atoms with E-state index in [-0.39, 0.29) is 12.4 Å². The largest absolute Gasteiger partial charge is 0.460 e. The summed E-state index contributed by atoms with van der Waals surface area (Å²) in [6, 6.07) is 5.27. The Balaban J connectivity index is 2.02. The lowest BCUT2D eigenvalue weighted by molar-refractivity contribution is -0.152. The second kappa shape index (κ2) is 6.08. The number of ketones is 1. The van der Waals surface area contributed by atoms with Crippen LogP contribution in [0.25, 0.3) is 11.0 Å². The van der Waals surface area contributed by atoms with Crippen LogP contribution in [-0.4, -0.2) is 34.1 Å². The fourth-order valence-corrected chi connectivity index (χ4v) is 2.33. The van der Waals surface area contributed by atoms with E-state index >= 15 is 0 Å². The number of Topliss-reactive ketones (excluding diaryl/α,β-unsaturated/α-hetero) is 1. The molecule has 0 unspecified atom stereocenters. The van der Waals surface area contributed by atoms with Gasteiger partial charge in [0.1, 0.15) is 0 Å². The van der Waals surface area contributed by atoms with Gasteiger partial charge in [0.25, 0.3) is 0 Å². The van der Waals surface area contributed by atoms with Crippen molar-refractivity contribution in [2.45, 2.75) is 12.1 Å². The number of rotatable bonds is 5. The summed E-state index contributed by atoms with van der Waals surface area (Å²) >= 11 is 7.02. The van der Waals surface area contributed by atoms with Crippen LogP contribution in [0.1, 0.15) is 6.92 Å². The summed E-state index contributed by atoms with van der Waals surface area (Å²) in [5, 5.41) is 1.17. The predicted octanol–water partition coefficient (Wildman–Crippen LogP) is 2.44. The number of fused-ring (bicyclic) bond motifs is 1. The minimum Gasteiger partial charge on any atom is -0.460 e. The zero-order valence-electron chi connectivity index (χ0n) is 10.1. The third-order valence-corrected chi connectivity index (χ3v) is 3.37. The zero-order valence-corrected chi connectivity index (χ0v) is 11.7. The summed E-state index contributed by atoms with van der Waals surface area (Å²) < 4.78 is 4.62. The number of H-pyrrole nitrogens is 1. The molecule has 0 atom stereocenters. The number of ether oxygens (including phenoxy) is 1. The smallest absolute Gasteiger partial charge is 0.375 e. The Hall–Kier alpha value is -1.53. The average Bonchev–Trinajstić information content (AvgIpc) is 2.78. The van der Waals surface area contributed by atoms with Crippen LogP contribution in [0.3, 0.4) is 0 Å². The predicted molar refractivity (Wildman–Crippen MR) is 73.5 cm³/mol. The topological polar surface area (TPSA) is 72.1 Å². The fraction of sp³-hybridized carbons (Fsp3) is 0.250. The zero-order chi connectivity index (χ0) is 13.8. The number of carbonyl (C=O) groups is 2. The average molecular weight is 299 g/mol. The van der Waals surface area contributed by atoms with Crippen LogP contribution in [0.15, 0.2) is 23.4 Å². The van der Waals surface area contributed by atoms with Crippen LogP contribution in [0, 0.1) is 0 Å². The summed E-state index contributed by atoms with van der Waals surface area (Å²) in [5.74, 6) is -1.40. The number of halogens is 1. The first kappa shape index (κ1) is 13.9. The van der Waals surface area contributed by atoms with Crippen LogP contribution < -0.4 is 0 Å². The standard InChI is InChI=1S/C12H11ClN2O3S/c1-2-18-11(17)10(16)6-19-12-14-8-4-3-7(13)5-9(8)15-12/h3-5H,2,6H2,1H3,(H,14,15). The van der Waals surface area contributed by atoms with Crippen molar-refractivity contribution in [1.82, 2.24) is 9.97 Å². The maximum Gasteiger partial charge on any atom is 0.375 e. The minimum absolute atomic E-state index is 0.00755. The molecule has 0 fully saturated rings. The highest BCUT2D eigenvalue weighted by Crippen LogP contribution is 2.22. The number of esters is 1. The van der Waals surface area contributed by atoms with E-state index in [1.54, 1.807) is 25.1 Å². The van der Waals surface area contributed by atoms with Crippen LogP contribution in [0.4, 0.5) is 0 Å². The van der Waals surface area contributed by atoms with Gasteiger partial charge in [0, 0.05) is 5.02 Å². The Kier molecular flexibility index (Phi) is 4.44. The van der Waals surface area contributed by atoms with E-state index < -0.39 is 11.8 Å². The minimum atomic E-state index is -0.811. The molecule has 2 aromatic rings. The first-order valence-electron chi connectivity index (χ1n) is 5.58. The van der Waals surface area contributed by atoms with Gasteiger partial charge in [-0.1, -0.05) is 23.4 Å². The molecule has 0 saturated heterocycles. The first-order valence-corrected chi connectivity index (χ1v) is 6.94. The van der Waals surface area contributed by atoms with Gasteiger partial charge in [-0.3, -0.25) is 4.79 Å². The Morgan fingerprint density at radius 2 is 2.26 bits per heavy atom. The van der Waals surface area contributed by atoms with E-state index in [0.717, 1.165) is 22.8 Å². The molecule has 100 valence electrons. The molecule has 19 heavy (non-hydrogen) atoms. The van der Waals surface area contributed by atoms with Crippen LogP contribution >= 0.6 is 23.4 Å². The molecule has 1 heterocycles. The lowest BCUT2D eigenvalue weighted by Crippen LogP contribution is -2.19. The van der Waals surface area contributed by atoms with Crippen molar-refractivity contribution < 1.29 is 14.3 Å². The number of hydrogen-bond donors (Lipinski definition) is 1. The molecule has 0 spiro atoms. The number of thioether (sulfide) groups is 1. The molecule has 0 aliphatic rings. The molecule has 1 aromatic carbocycles. The lowest BCUT2D eigenvalue weighted by atomic mass is 10.3. The van der Waals surface area contributed by atoms with Gasteiger partial charge in [0.15, 0.2) is 5.16 Å². The number of carbonyl (C=O) groups excluding carboxylic acids is 2. The molecule has 0 amide bonds. The fourth-order valence-electron chi connectivity index (χ4n) is 1.43. The van der Waals surface area contributed by atoms with E-state index in [2.05, 4.69) is 14.7 Å². The summed E-state index contributed by atoms with van der Waals surface area (Å²) in [6.07, 6.45) is 0. The SMILES string of the molecule is CCOC(=O)C(=O)CSc1nc2ccc(Cl)cc2[nH]1. The van der Waals surface area contributed by atoms with Crippen molar-refractivity contribution in [3.8, 4) is 0 Å². The third-order valence-electron chi connectivity index (χ3n) is 2.27. The number of hydrogen-bond acceptors (Lipinski definition) is 5. The monoisotopic (exact) mass is 298 g/mol. The van der Waals surface area contributed by atoms with E-state index in [1.165, 1.54) is 0 Å². The summed E-state index contributed by atoms with van der Waals surface area (Å²) in [7, 11) is 0. The quantitative estimate of drug-likeness (QED) is 0.521. The van der Waals surface area contributed by atoms with Crippen molar-refractivity contribution >= 4 is 46.1 Å². The number of imidazole rings is 1. The molecule has 1 aromatic heterocycles. The first-order chi connectivity index (χ1) is 9.10. The number of aromatic amines is 1. The number of nitrogens with one attached hydrogen (secondary N) is 1. The van der Waals surface area contributed by atoms with Gasteiger partial charge in [-0.2, -0.15) is 0 Å². The number of nitrogens with zero attached hydrogens (tertiary/aromatic N) is 1. The van der Waals surface area contributed by atoms with Crippen molar-refractivity contribution in [1.29, 1.82) is 0 Å². The van der Waals surface area contributed by atoms with Crippen LogP contribution in [-0.2, 0) is 14.3 Å². The van der Waals surface area contributed by atoms with E-state index in [9.17, 15) is 9.59 Å². The van der Waals surface area contributed by atoms with Crippen molar-refractivity contribution in [2.24, 2.45) is 0 Å². The number of benzene rings is 1. The summed E-state index contributed by atoms with van der Waals surface area (Å²) in [6.45, 7) is 1.85. The second-order valence-electron chi connectivity index (χ2n) is 3.64. The highest BCUT2D eigenvalue weighted by atomic mass is 35.5. The number of aromatic nitrogens is 2. The van der Waals surface area contributed by atoms with Gasteiger partial charge in [-0.25, -0.2) is 9.78 Å². The maximum atomic E-state index is 11.4. The second-order valence-corrected chi connectivity index (χ2v) is 5.04. The van der Waals surface area contributed by atoms with Gasteiger partial charge in [0.05, 0.1) is 23.4 Å². The van der Waals surface area contributed by atoms with Crippen molar-refractivity contribution in [3.63, 3.8) is 0 Å².